The molecule has 2 rings (SSSR count). The summed E-state index contributed by atoms with van der Waals surface area (Å²) in [5.74, 6) is 0.714. The summed E-state index contributed by atoms with van der Waals surface area (Å²) in [6, 6.07) is 0. The van der Waals surface area contributed by atoms with E-state index >= 15 is 0 Å². The number of nitrogen functional groups attached to an aromatic ring is 1. The number of piperidine rings is 1. The van der Waals surface area contributed by atoms with Gasteiger partial charge in [-0.3, -0.25) is 0 Å². The van der Waals surface area contributed by atoms with Crippen molar-refractivity contribution in [2.75, 3.05) is 18.8 Å². The molecular weight excluding hydrogens is 190 g/mol. The Labute approximate surface area is 81.4 Å². The largest absolute Gasteiger partial charge is 0.367 e. The Kier molecular flexibility index (Phi) is 2.42. The fraction of sp³-hybridized carbons (Fsp3) is 0.625. The van der Waals surface area contributed by atoms with Crippen LogP contribution in [-0.2, 0) is 0 Å². The summed E-state index contributed by atoms with van der Waals surface area (Å²) < 4.78 is 4.82. The summed E-state index contributed by atoms with van der Waals surface area (Å²) >= 11 is 5.87. The maximum Gasteiger partial charge on any atom is 0.227 e. The van der Waals surface area contributed by atoms with Gasteiger partial charge in [-0.25, -0.2) is 0 Å². The normalized spacial score (nSPS) is 23.3. The number of anilines is 1. The van der Waals surface area contributed by atoms with Crippen LogP contribution in [0.5, 0.6) is 0 Å². The van der Waals surface area contributed by atoms with Gasteiger partial charge in [-0.15, -0.1) is 0 Å². The predicted molar refractivity (Wildman–Crippen MR) is 50.8 cm³/mol. The minimum absolute atomic E-state index is 0.354. The fourth-order valence-electron chi connectivity index (χ4n) is 1.76. The van der Waals surface area contributed by atoms with Gasteiger partial charge >= 0.3 is 0 Å². The van der Waals surface area contributed by atoms with Crippen LogP contribution >= 0.6 is 11.6 Å². The summed E-state index contributed by atoms with van der Waals surface area (Å²) in [6.45, 7) is 1.98. The van der Waals surface area contributed by atoms with Crippen LogP contribution in [0.2, 0.25) is 5.15 Å². The van der Waals surface area contributed by atoms with Gasteiger partial charge in [0.1, 0.15) is 0 Å². The number of aromatic nitrogens is 1. The van der Waals surface area contributed by atoms with Crippen LogP contribution in [0.4, 0.5) is 5.88 Å². The molecule has 4 nitrogen and oxygen atoms in total. The Bertz CT molecular complexity index is 274. The summed E-state index contributed by atoms with van der Waals surface area (Å²) in [6.07, 6.45) is 2.24. The van der Waals surface area contributed by atoms with Crippen molar-refractivity contribution >= 4 is 17.5 Å². The second-order valence-corrected chi connectivity index (χ2v) is 3.65. The molecule has 1 aliphatic rings. The number of rotatable bonds is 1. The molecule has 1 fully saturated rings. The second kappa shape index (κ2) is 3.55. The molecule has 0 bridgehead atoms. The third kappa shape index (κ3) is 1.64. The Balaban J connectivity index is 2.22. The summed E-state index contributed by atoms with van der Waals surface area (Å²) in [5.41, 5.74) is 6.50. The molecule has 3 N–H and O–H groups in total. The van der Waals surface area contributed by atoms with Crippen molar-refractivity contribution in [3.63, 3.8) is 0 Å². The molecule has 1 aromatic heterocycles. The van der Waals surface area contributed by atoms with E-state index in [1.54, 1.807) is 0 Å². The number of nitrogens with zero attached hydrogens (tertiary/aromatic N) is 1. The van der Waals surface area contributed by atoms with Crippen LogP contribution in [0, 0.1) is 0 Å². The first-order valence-electron chi connectivity index (χ1n) is 4.40. The molecule has 0 amide bonds. The van der Waals surface area contributed by atoms with Crippen molar-refractivity contribution in [2.45, 2.75) is 18.8 Å². The van der Waals surface area contributed by atoms with E-state index in [0.29, 0.717) is 17.0 Å². The first-order chi connectivity index (χ1) is 6.29. The molecule has 0 saturated carbocycles. The zero-order chi connectivity index (χ0) is 9.26. The third-order valence-electron chi connectivity index (χ3n) is 2.42. The van der Waals surface area contributed by atoms with Crippen LogP contribution in [0.3, 0.4) is 0 Å². The third-order valence-corrected chi connectivity index (χ3v) is 2.69. The SMILES string of the molecule is Nc1onc(Cl)c1C1CCCNC1. The van der Waals surface area contributed by atoms with E-state index in [0.717, 1.165) is 31.5 Å². The van der Waals surface area contributed by atoms with Crippen LogP contribution in [0.25, 0.3) is 0 Å². The molecule has 2 heterocycles. The van der Waals surface area contributed by atoms with Crippen molar-refractivity contribution in [3.8, 4) is 0 Å². The highest BCUT2D eigenvalue weighted by Crippen LogP contribution is 2.33. The maximum atomic E-state index is 5.87. The first kappa shape index (κ1) is 8.84. The minimum atomic E-state index is 0.354. The quantitative estimate of drug-likeness (QED) is 0.721. The summed E-state index contributed by atoms with van der Waals surface area (Å²) in [7, 11) is 0. The van der Waals surface area contributed by atoms with Crippen molar-refractivity contribution < 1.29 is 4.52 Å². The van der Waals surface area contributed by atoms with Crippen LogP contribution in [-0.4, -0.2) is 18.2 Å². The van der Waals surface area contributed by atoms with E-state index < -0.39 is 0 Å². The molecule has 5 heteroatoms. The van der Waals surface area contributed by atoms with Gasteiger partial charge in [0.25, 0.3) is 0 Å². The molecule has 0 radical (unpaired) electrons. The zero-order valence-electron chi connectivity index (χ0n) is 7.22. The Morgan fingerprint density at radius 3 is 3.00 bits per heavy atom. The lowest BCUT2D eigenvalue weighted by atomic mass is 9.93. The van der Waals surface area contributed by atoms with Crippen molar-refractivity contribution in [3.05, 3.63) is 10.7 Å². The Morgan fingerprint density at radius 2 is 2.46 bits per heavy atom. The first-order valence-corrected chi connectivity index (χ1v) is 4.78. The molecule has 1 saturated heterocycles. The van der Waals surface area contributed by atoms with Crippen LogP contribution in [0.1, 0.15) is 24.3 Å². The highest BCUT2D eigenvalue weighted by molar-refractivity contribution is 6.30. The average Bonchev–Trinajstić information content (AvgIpc) is 2.48. The van der Waals surface area contributed by atoms with E-state index in [9.17, 15) is 0 Å². The van der Waals surface area contributed by atoms with Gasteiger partial charge < -0.3 is 15.6 Å². The maximum absolute atomic E-state index is 5.87. The lowest BCUT2D eigenvalue weighted by molar-refractivity contribution is 0.431. The standard InChI is InChI=1S/C8H12ClN3O/c9-7-6(8(10)13-12-7)5-2-1-3-11-4-5/h5,11H,1-4,10H2. The highest BCUT2D eigenvalue weighted by atomic mass is 35.5. The lowest BCUT2D eigenvalue weighted by Crippen LogP contribution is -2.28. The molecule has 1 atom stereocenters. The van der Waals surface area contributed by atoms with Gasteiger partial charge in [0.05, 0.1) is 5.56 Å². The molecule has 1 aromatic rings. The summed E-state index contributed by atoms with van der Waals surface area (Å²) in [4.78, 5) is 0. The summed E-state index contributed by atoms with van der Waals surface area (Å²) in [5, 5.41) is 7.33. The number of halogens is 1. The number of hydrogen-bond donors (Lipinski definition) is 2. The van der Waals surface area contributed by atoms with Crippen LogP contribution in [0.15, 0.2) is 4.52 Å². The van der Waals surface area contributed by atoms with Crippen molar-refractivity contribution in [1.29, 1.82) is 0 Å². The van der Waals surface area contributed by atoms with E-state index in [1.165, 1.54) is 0 Å². The van der Waals surface area contributed by atoms with E-state index in [2.05, 4.69) is 10.5 Å². The van der Waals surface area contributed by atoms with Gasteiger partial charge in [-0.05, 0) is 19.4 Å². The van der Waals surface area contributed by atoms with E-state index in [4.69, 9.17) is 21.9 Å². The van der Waals surface area contributed by atoms with Gasteiger partial charge in [-0.2, -0.15) is 0 Å². The monoisotopic (exact) mass is 201 g/mol. The molecule has 13 heavy (non-hydrogen) atoms. The van der Waals surface area contributed by atoms with Gasteiger partial charge in [0, 0.05) is 12.5 Å². The predicted octanol–water partition coefficient (Wildman–Crippen LogP) is 1.38. The van der Waals surface area contributed by atoms with Gasteiger partial charge in [0.2, 0.25) is 5.88 Å². The molecule has 0 spiro atoms. The number of hydrogen-bond acceptors (Lipinski definition) is 4. The Hall–Kier alpha value is -0.740. The molecule has 72 valence electrons. The number of nitrogens with one attached hydrogen (secondary N) is 1. The number of nitrogens with two attached hydrogens (primary N) is 1. The minimum Gasteiger partial charge on any atom is -0.367 e. The molecule has 0 aromatic carbocycles. The fourth-order valence-corrected chi connectivity index (χ4v) is 2.04. The van der Waals surface area contributed by atoms with Gasteiger partial charge in [0.15, 0.2) is 5.15 Å². The van der Waals surface area contributed by atoms with Crippen molar-refractivity contribution in [1.82, 2.24) is 10.5 Å². The average molecular weight is 202 g/mol. The van der Waals surface area contributed by atoms with E-state index in [-0.39, 0.29) is 0 Å². The molecule has 1 aliphatic heterocycles. The van der Waals surface area contributed by atoms with Crippen molar-refractivity contribution in [2.24, 2.45) is 0 Å². The van der Waals surface area contributed by atoms with E-state index in [1.807, 2.05) is 0 Å². The Morgan fingerprint density at radius 1 is 1.62 bits per heavy atom. The highest BCUT2D eigenvalue weighted by Gasteiger charge is 2.23. The molecule has 1 unspecified atom stereocenters. The molecule has 0 aliphatic carbocycles. The zero-order valence-corrected chi connectivity index (χ0v) is 7.97. The lowest BCUT2D eigenvalue weighted by Gasteiger charge is -2.21. The topological polar surface area (TPSA) is 64.1 Å². The van der Waals surface area contributed by atoms with Crippen LogP contribution < -0.4 is 11.1 Å². The smallest absolute Gasteiger partial charge is 0.227 e. The molecular formula is C8H12ClN3O. The van der Waals surface area contributed by atoms with Gasteiger partial charge in [-0.1, -0.05) is 16.8 Å². The second-order valence-electron chi connectivity index (χ2n) is 3.29.